The number of nitrogens with zero attached hydrogens (tertiary/aromatic N) is 1. The van der Waals surface area contributed by atoms with E-state index in [1.807, 2.05) is 7.05 Å². The number of aromatic nitrogens is 1. The second-order valence-corrected chi connectivity index (χ2v) is 8.03. The number of benzene rings is 1. The van der Waals surface area contributed by atoms with Gasteiger partial charge in [0.15, 0.2) is 0 Å². The summed E-state index contributed by atoms with van der Waals surface area (Å²) in [6, 6.07) is 6.88. The number of likely N-dealkylation sites (N-methyl/N-ethyl adjacent to an activating group) is 1. The molecule has 4 rings (SSSR count). The molecule has 1 aromatic heterocycles. The van der Waals surface area contributed by atoms with Crippen molar-refractivity contribution in [2.75, 3.05) is 13.6 Å². The third kappa shape index (κ3) is 2.93. The van der Waals surface area contributed by atoms with Crippen molar-refractivity contribution in [1.82, 2.24) is 10.3 Å². The van der Waals surface area contributed by atoms with Gasteiger partial charge in [-0.05, 0) is 61.9 Å². The van der Waals surface area contributed by atoms with Gasteiger partial charge in [0.25, 0.3) is 0 Å². The van der Waals surface area contributed by atoms with Crippen molar-refractivity contribution in [2.45, 2.75) is 50.1 Å². The average Bonchev–Trinajstić information content (AvgIpc) is 3.26. The first-order valence-corrected chi connectivity index (χ1v) is 9.64. The smallest absolute Gasteiger partial charge is 0.142 e. The van der Waals surface area contributed by atoms with E-state index in [0.29, 0.717) is 30.9 Å². The van der Waals surface area contributed by atoms with Crippen LogP contribution in [0.25, 0.3) is 11.3 Å². The van der Waals surface area contributed by atoms with Crippen LogP contribution in [0.1, 0.15) is 54.8 Å². The number of hydrogen-bond acceptors (Lipinski definition) is 2. The molecule has 1 aromatic carbocycles. The summed E-state index contributed by atoms with van der Waals surface area (Å²) in [4.78, 5) is 4.85. The summed E-state index contributed by atoms with van der Waals surface area (Å²) >= 11 is 6.26. The predicted octanol–water partition coefficient (Wildman–Crippen LogP) is 5.40. The van der Waals surface area contributed by atoms with E-state index < -0.39 is 11.5 Å². The van der Waals surface area contributed by atoms with E-state index in [2.05, 4.69) is 18.3 Å². The molecule has 2 aliphatic carbocycles. The first kappa shape index (κ1) is 17.9. The fourth-order valence-electron chi connectivity index (χ4n) is 4.14. The molecular formula is C21H23ClF2N2. The van der Waals surface area contributed by atoms with Crippen molar-refractivity contribution in [3.05, 3.63) is 51.9 Å². The van der Waals surface area contributed by atoms with Gasteiger partial charge in [0.05, 0.1) is 10.7 Å². The van der Waals surface area contributed by atoms with Crippen molar-refractivity contribution in [1.29, 1.82) is 0 Å². The molecule has 0 amide bonds. The number of nitrogens with one attached hydrogen (secondary N) is 1. The molecule has 2 aliphatic rings. The molecule has 2 atom stereocenters. The van der Waals surface area contributed by atoms with Crippen molar-refractivity contribution in [3.63, 3.8) is 0 Å². The maximum atomic E-state index is 15.0. The maximum Gasteiger partial charge on any atom is 0.142 e. The van der Waals surface area contributed by atoms with Gasteiger partial charge in [0, 0.05) is 23.7 Å². The van der Waals surface area contributed by atoms with E-state index in [4.69, 9.17) is 16.6 Å². The van der Waals surface area contributed by atoms with E-state index >= 15 is 0 Å². The van der Waals surface area contributed by atoms with Crippen molar-refractivity contribution in [3.8, 4) is 11.3 Å². The number of pyridine rings is 1. The quantitative estimate of drug-likeness (QED) is 0.756. The van der Waals surface area contributed by atoms with Gasteiger partial charge in [0.1, 0.15) is 11.5 Å². The summed E-state index contributed by atoms with van der Waals surface area (Å²) in [5, 5.41) is 3.19. The van der Waals surface area contributed by atoms with Crippen LogP contribution < -0.4 is 5.32 Å². The van der Waals surface area contributed by atoms with E-state index in [1.54, 1.807) is 12.1 Å². The second kappa shape index (κ2) is 6.58. The van der Waals surface area contributed by atoms with Gasteiger partial charge in [-0.25, -0.2) is 8.78 Å². The molecule has 1 fully saturated rings. The number of alkyl halides is 1. The highest BCUT2D eigenvalue weighted by atomic mass is 35.5. The van der Waals surface area contributed by atoms with Gasteiger partial charge in [-0.3, -0.25) is 4.98 Å². The minimum absolute atomic E-state index is 0.0884. The van der Waals surface area contributed by atoms with Crippen molar-refractivity contribution >= 4 is 11.6 Å². The third-order valence-electron chi connectivity index (χ3n) is 5.86. The van der Waals surface area contributed by atoms with Crippen LogP contribution in [-0.4, -0.2) is 24.2 Å². The summed E-state index contributed by atoms with van der Waals surface area (Å²) in [5.41, 5.74) is 3.22. The Morgan fingerprint density at radius 2 is 2.15 bits per heavy atom. The summed E-state index contributed by atoms with van der Waals surface area (Å²) in [6.07, 6.45) is 3.06. The van der Waals surface area contributed by atoms with Crippen LogP contribution >= 0.6 is 11.6 Å². The lowest BCUT2D eigenvalue weighted by Gasteiger charge is -2.23. The summed E-state index contributed by atoms with van der Waals surface area (Å²) in [7, 11) is 1.83. The monoisotopic (exact) mass is 376 g/mol. The highest BCUT2D eigenvalue weighted by Crippen LogP contribution is 2.51. The zero-order valence-corrected chi connectivity index (χ0v) is 15.8. The Bertz CT molecular complexity index is 848. The van der Waals surface area contributed by atoms with Gasteiger partial charge in [0.2, 0.25) is 0 Å². The molecule has 138 valence electrons. The molecule has 26 heavy (non-hydrogen) atoms. The normalized spacial score (nSPS) is 21.5. The van der Waals surface area contributed by atoms with Gasteiger partial charge < -0.3 is 5.32 Å². The molecule has 1 heterocycles. The predicted molar refractivity (Wildman–Crippen MR) is 101 cm³/mol. The fraction of sp³-hybridized carbons (Fsp3) is 0.476. The van der Waals surface area contributed by atoms with Crippen LogP contribution in [0.4, 0.5) is 8.78 Å². The lowest BCUT2D eigenvalue weighted by atomic mass is 9.91. The average molecular weight is 377 g/mol. The molecule has 1 saturated carbocycles. The Kier molecular flexibility index (Phi) is 4.52. The van der Waals surface area contributed by atoms with Crippen LogP contribution in [0.15, 0.2) is 24.3 Å². The third-order valence-corrected chi connectivity index (χ3v) is 6.25. The topological polar surface area (TPSA) is 24.9 Å². The molecule has 0 spiro atoms. The Labute approximate surface area is 158 Å². The standard InChI is InChI=1S/C21H23ClF2N2/c1-12-6-7-13-15(12)10-18(16(11-25-2)21(24)8-9-21)26-20(13)14-4-3-5-17(23)19(14)22/h3-5,10,12,16,25H,6-9,11H2,1-2H3. The molecule has 2 nitrogen and oxygen atoms in total. The molecule has 0 bridgehead atoms. The Balaban J connectivity index is 1.90. The Hall–Kier alpha value is -1.52. The van der Waals surface area contributed by atoms with Crippen molar-refractivity contribution < 1.29 is 8.78 Å². The Morgan fingerprint density at radius 1 is 1.38 bits per heavy atom. The van der Waals surface area contributed by atoms with Gasteiger partial charge in [-0.2, -0.15) is 0 Å². The molecule has 0 saturated heterocycles. The number of fused-ring (bicyclic) bond motifs is 1. The SMILES string of the molecule is CNCC(c1cc2c(c(-c3cccc(F)c3Cl)n1)CCC2C)C1(F)CC1. The summed E-state index contributed by atoms with van der Waals surface area (Å²) in [6.45, 7) is 2.72. The lowest BCUT2D eigenvalue weighted by molar-refractivity contribution is 0.249. The minimum atomic E-state index is -1.19. The van der Waals surface area contributed by atoms with Gasteiger partial charge in [-0.15, -0.1) is 0 Å². The second-order valence-electron chi connectivity index (χ2n) is 7.65. The minimum Gasteiger partial charge on any atom is -0.319 e. The summed E-state index contributed by atoms with van der Waals surface area (Å²) < 4.78 is 29.0. The fourth-order valence-corrected chi connectivity index (χ4v) is 4.36. The number of rotatable bonds is 5. The van der Waals surface area contributed by atoms with E-state index in [0.717, 1.165) is 29.8 Å². The van der Waals surface area contributed by atoms with Gasteiger partial charge in [-0.1, -0.05) is 30.7 Å². The highest BCUT2D eigenvalue weighted by Gasteiger charge is 2.51. The molecule has 0 radical (unpaired) electrons. The lowest BCUT2D eigenvalue weighted by Crippen LogP contribution is -2.27. The van der Waals surface area contributed by atoms with Gasteiger partial charge >= 0.3 is 0 Å². The van der Waals surface area contributed by atoms with Crippen molar-refractivity contribution in [2.24, 2.45) is 0 Å². The van der Waals surface area contributed by atoms with E-state index in [-0.39, 0.29) is 10.9 Å². The summed E-state index contributed by atoms with van der Waals surface area (Å²) in [5.74, 6) is -0.355. The number of halogens is 3. The highest BCUT2D eigenvalue weighted by molar-refractivity contribution is 6.33. The first-order valence-electron chi connectivity index (χ1n) is 9.26. The van der Waals surface area contributed by atoms with Crippen LogP contribution in [0.3, 0.4) is 0 Å². The Morgan fingerprint density at radius 3 is 2.85 bits per heavy atom. The maximum absolute atomic E-state index is 15.0. The van der Waals surface area contributed by atoms with Crippen LogP contribution in [-0.2, 0) is 6.42 Å². The van der Waals surface area contributed by atoms with Crippen LogP contribution in [0.2, 0.25) is 5.02 Å². The van der Waals surface area contributed by atoms with Crippen LogP contribution in [0.5, 0.6) is 0 Å². The molecule has 0 aliphatic heterocycles. The van der Waals surface area contributed by atoms with E-state index in [9.17, 15) is 8.78 Å². The zero-order valence-electron chi connectivity index (χ0n) is 15.1. The molecule has 2 unspecified atom stereocenters. The molecular weight excluding hydrogens is 354 g/mol. The number of hydrogen-bond donors (Lipinski definition) is 1. The molecule has 5 heteroatoms. The first-order chi connectivity index (χ1) is 12.4. The molecule has 2 aromatic rings. The van der Waals surface area contributed by atoms with E-state index in [1.165, 1.54) is 11.6 Å². The molecule has 1 N–H and O–H groups in total. The van der Waals surface area contributed by atoms with Crippen LogP contribution in [0, 0.1) is 5.82 Å². The largest absolute Gasteiger partial charge is 0.319 e. The zero-order chi connectivity index (χ0) is 18.5.